The Morgan fingerprint density at radius 1 is 1.29 bits per heavy atom. The largest absolute Gasteiger partial charge is 0.288 e. The molecule has 0 aliphatic carbocycles. The van der Waals surface area contributed by atoms with Crippen LogP contribution in [0.1, 0.15) is 37.0 Å². The maximum Gasteiger partial charge on any atom is 0.129 e. The predicted molar refractivity (Wildman–Crippen MR) is 72.4 cm³/mol. The second-order valence-electron chi connectivity index (χ2n) is 4.38. The Labute approximate surface area is 103 Å². The summed E-state index contributed by atoms with van der Waals surface area (Å²) in [6.07, 6.45) is 3.06. The zero-order valence-corrected chi connectivity index (χ0v) is 11.3. The normalized spacial score (nSPS) is 13.1. The van der Waals surface area contributed by atoms with Gasteiger partial charge in [0.15, 0.2) is 0 Å². The highest BCUT2D eigenvalue weighted by Gasteiger charge is 2.07. The lowest BCUT2D eigenvalue weighted by Gasteiger charge is -2.07. The van der Waals surface area contributed by atoms with Crippen molar-refractivity contribution in [3.8, 4) is 0 Å². The van der Waals surface area contributed by atoms with Gasteiger partial charge in [0.25, 0.3) is 0 Å². The molecule has 0 aliphatic rings. The van der Waals surface area contributed by atoms with Crippen molar-refractivity contribution in [2.24, 2.45) is 4.99 Å². The molecule has 0 saturated carbocycles. The number of allylic oxidation sites excluding steroid dienone is 2. The SMILES string of the molecule is CC/C(C)=C/C(=NC)c1cc(C)c(F)c(C)c1. The molecule has 1 nitrogen and oxygen atoms in total. The van der Waals surface area contributed by atoms with Crippen molar-refractivity contribution in [1.82, 2.24) is 0 Å². The molecule has 1 aromatic rings. The molecular weight excluding hydrogens is 213 g/mol. The molecule has 0 spiro atoms. The molecular formula is C15H20FN. The van der Waals surface area contributed by atoms with Gasteiger partial charge in [-0.05, 0) is 56.5 Å². The number of rotatable bonds is 3. The topological polar surface area (TPSA) is 12.4 Å². The lowest BCUT2D eigenvalue weighted by atomic mass is 10.0. The van der Waals surface area contributed by atoms with E-state index in [4.69, 9.17) is 0 Å². The zero-order valence-electron chi connectivity index (χ0n) is 11.3. The summed E-state index contributed by atoms with van der Waals surface area (Å²) >= 11 is 0. The van der Waals surface area contributed by atoms with Crippen molar-refractivity contribution in [3.63, 3.8) is 0 Å². The van der Waals surface area contributed by atoms with E-state index in [9.17, 15) is 4.39 Å². The van der Waals surface area contributed by atoms with Crippen LogP contribution in [0.5, 0.6) is 0 Å². The summed E-state index contributed by atoms with van der Waals surface area (Å²) in [4.78, 5) is 4.28. The first-order valence-corrected chi connectivity index (χ1v) is 5.90. The van der Waals surface area contributed by atoms with Crippen LogP contribution in [0.2, 0.25) is 0 Å². The minimum absolute atomic E-state index is 0.125. The Bertz CT molecular complexity index is 447. The molecule has 1 rings (SSSR count). The van der Waals surface area contributed by atoms with Crippen LogP contribution in [-0.2, 0) is 0 Å². The molecule has 0 unspecified atom stereocenters. The molecule has 0 amide bonds. The van der Waals surface area contributed by atoms with E-state index in [0.29, 0.717) is 11.1 Å². The van der Waals surface area contributed by atoms with Gasteiger partial charge in [-0.15, -0.1) is 0 Å². The number of nitrogens with zero attached hydrogens (tertiary/aromatic N) is 1. The van der Waals surface area contributed by atoms with E-state index in [2.05, 4.69) is 24.9 Å². The quantitative estimate of drug-likeness (QED) is 0.693. The highest BCUT2D eigenvalue weighted by atomic mass is 19.1. The summed E-state index contributed by atoms with van der Waals surface area (Å²) in [6.45, 7) is 7.76. The number of aryl methyl sites for hydroxylation is 2. The standard InChI is InChI=1S/C15H20FN/c1-6-10(2)7-14(17-5)13-8-11(3)15(16)12(4)9-13/h7-9H,6H2,1-5H3/b10-7+,17-14?. The molecule has 0 aliphatic heterocycles. The van der Waals surface area contributed by atoms with Crippen LogP contribution in [0.3, 0.4) is 0 Å². The van der Waals surface area contributed by atoms with Gasteiger partial charge in [0, 0.05) is 12.6 Å². The second-order valence-corrected chi connectivity index (χ2v) is 4.38. The van der Waals surface area contributed by atoms with Crippen LogP contribution >= 0.6 is 0 Å². The van der Waals surface area contributed by atoms with Crippen molar-refractivity contribution >= 4 is 5.71 Å². The van der Waals surface area contributed by atoms with E-state index in [1.807, 2.05) is 12.1 Å². The van der Waals surface area contributed by atoms with Gasteiger partial charge in [-0.25, -0.2) is 4.39 Å². The van der Waals surface area contributed by atoms with Crippen molar-refractivity contribution < 1.29 is 4.39 Å². The van der Waals surface area contributed by atoms with E-state index in [0.717, 1.165) is 17.7 Å². The van der Waals surface area contributed by atoms with Crippen molar-refractivity contribution in [1.29, 1.82) is 0 Å². The first kappa shape index (κ1) is 13.6. The Balaban J connectivity index is 3.24. The van der Waals surface area contributed by atoms with Crippen LogP contribution in [0, 0.1) is 19.7 Å². The molecule has 0 N–H and O–H groups in total. The Hall–Kier alpha value is -1.44. The van der Waals surface area contributed by atoms with Gasteiger partial charge < -0.3 is 0 Å². The van der Waals surface area contributed by atoms with Gasteiger partial charge in [-0.2, -0.15) is 0 Å². The molecule has 0 bridgehead atoms. The third-order valence-corrected chi connectivity index (χ3v) is 2.91. The molecule has 0 fully saturated rings. The average molecular weight is 233 g/mol. The van der Waals surface area contributed by atoms with E-state index in [1.54, 1.807) is 20.9 Å². The summed E-state index contributed by atoms with van der Waals surface area (Å²) in [5.74, 6) is -0.125. The highest BCUT2D eigenvalue weighted by molar-refractivity contribution is 6.09. The second kappa shape index (κ2) is 5.76. The lowest BCUT2D eigenvalue weighted by Crippen LogP contribution is -2.01. The molecule has 2 heteroatoms. The molecule has 1 aromatic carbocycles. The summed E-state index contributed by atoms with van der Waals surface area (Å²) in [6, 6.07) is 3.70. The minimum Gasteiger partial charge on any atom is -0.288 e. The molecule has 0 heterocycles. The third kappa shape index (κ3) is 3.26. The molecule has 0 atom stereocenters. The molecule has 0 radical (unpaired) electrons. The number of aliphatic imine (C=N–C) groups is 1. The van der Waals surface area contributed by atoms with E-state index in [-0.39, 0.29) is 5.82 Å². The van der Waals surface area contributed by atoms with Gasteiger partial charge in [0.1, 0.15) is 5.82 Å². The van der Waals surface area contributed by atoms with Crippen molar-refractivity contribution in [2.75, 3.05) is 7.05 Å². The van der Waals surface area contributed by atoms with Crippen LogP contribution in [0.4, 0.5) is 4.39 Å². The summed E-state index contributed by atoms with van der Waals surface area (Å²) in [7, 11) is 1.77. The number of halogens is 1. The average Bonchev–Trinajstić information content (AvgIpc) is 2.31. The van der Waals surface area contributed by atoms with Gasteiger partial charge in [-0.3, -0.25) is 4.99 Å². The molecule has 92 valence electrons. The van der Waals surface area contributed by atoms with E-state index >= 15 is 0 Å². The maximum atomic E-state index is 13.6. The van der Waals surface area contributed by atoms with Gasteiger partial charge in [-0.1, -0.05) is 12.5 Å². The first-order valence-electron chi connectivity index (χ1n) is 5.90. The Morgan fingerprint density at radius 2 is 1.82 bits per heavy atom. The van der Waals surface area contributed by atoms with Gasteiger partial charge in [0.05, 0.1) is 5.71 Å². The maximum absolute atomic E-state index is 13.6. The van der Waals surface area contributed by atoms with Crippen molar-refractivity contribution in [3.05, 3.63) is 46.3 Å². The molecule has 0 saturated heterocycles. The summed E-state index contributed by atoms with van der Waals surface area (Å²) in [5, 5.41) is 0. The minimum atomic E-state index is -0.125. The fraction of sp³-hybridized carbons (Fsp3) is 0.400. The smallest absolute Gasteiger partial charge is 0.129 e. The van der Waals surface area contributed by atoms with Crippen LogP contribution < -0.4 is 0 Å². The summed E-state index contributed by atoms with van der Waals surface area (Å²) in [5.41, 5.74) is 4.50. The summed E-state index contributed by atoms with van der Waals surface area (Å²) < 4.78 is 13.6. The molecule has 17 heavy (non-hydrogen) atoms. The van der Waals surface area contributed by atoms with Crippen LogP contribution in [0.15, 0.2) is 28.8 Å². The highest BCUT2D eigenvalue weighted by Crippen LogP contribution is 2.16. The number of hydrogen-bond acceptors (Lipinski definition) is 1. The van der Waals surface area contributed by atoms with E-state index < -0.39 is 0 Å². The number of benzene rings is 1. The van der Waals surface area contributed by atoms with Gasteiger partial charge >= 0.3 is 0 Å². The fourth-order valence-corrected chi connectivity index (χ4v) is 1.71. The monoisotopic (exact) mass is 233 g/mol. The Morgan fingerprint density at radius 3 is 2.24 bits per heavy atom. The fourth-order valence-electron chi connectivity index (χ4n) is 1.71. The Kier molecular flexibility index (Phi) is 4.62. The molecule has 0 aromatic heterocycles. The van der Waals surface area contributed by atoms with Gasteiger partial charge in [0.2, 0.25) is 0 Å². The zero-order chi connectivity index (χ0) is 13.0. The lowest BCUT2D eigenvalue weighted by molar-refractivity contribution is 0.609. The number of hydrogen-bond donors (Lipinski definition) is 0. The third-order valence-electron chi connectivity index (χ3n) is 2.91. The van der Waals surface area contributed by atoms with E-state index in [1.165, 1.54) is 5.57 Å². The van der Waals surface area contributed by atoms with Crippen molar-refractivity contribution in [2.45, 2.75) is 34.1 Å². The van der Waals surface area contributed by atoms with Crippen LogP contribution in [-0.4, -0.2) is 12.8 Å². The predicted octanol–water partition coefficient (Wildman–Crippen LogP) is 4.22. The first-order chi connectivity index (χ1) is 7.99. The van der Waals surface area contributed by atoms with Crippen LogP contribution in [0.25, 0.3) is 0 Å².